The molecule has 6 rings (SSSR count). The Morgan fingerprint density at radius 3 is 2.54 bits per heavy atom. The van der Waals surface area contributed by atoms with Crippen LogP contribution in [-0.4, -0.2) is 94.3 Å². The van der Waals surface area contributed by atoms with Crippen LogP contribution >= 0.6 is 0 Å². The van der Waals surface area contributed by atoms with E-state index in [-0.39, 0.29) is 43.1 Å². The summed E-state index contributed by atoms with van der Waals surface area (Å²) in [6, 6.07) is 0. The van der Waals surface area contributed by atoms with Crippen LogP contribution in [-0.2, 0) is 33.3 Å². The number of rotatable bonds is 5. The first-order chi connectivity index (χ1) is 19.3. The molecule has 4 N–H and O–H groups in total. The maximum Gasteiger partial charge on any atom is 0.343 e. The molecular formula is C30H42O11. The van der Waals surface area contributed by atoms with E-state index in [4.69, 9.17) is 18.9 Å². The van der Waals surface area contributed by atoms with E-state index in [0.717, 1.165) is 11.9 Å². The standard InChI is InChI=1S/C30H42O11/c1-15-11-29(36,25(35)38-3)26(40-15)41-22-9-17-4-5-19-18(28(17,14-31)12-21(22)32)6-7-27(2)20(10-23(33)30(19,27)37)16-8-24(34)39-13-16/h8,14-15,17-23,26,32-33,36-37H,4-7,9-13H2,1-3H3/t15-,17+,18+,19-,20-,21-,22-,23-,26+,27-,28-,29+,30-/m1/s1. The maximum atomic E-state index is 13.0. The van der Waals surface area contributed by atoms with Gasteiger partial charge in [-0.3, -0.25) is 0 Å². The number of methoxy groups -OCH3 is 1. The van der Waals surface area contributed by atoms with Crippen molar-refractivity contribution in [1.82, 2.24) is 0 Å². The molecule has 0 radical (unpaired) electrons. The van der Waals surface area contributed by atoms with Crippen molar-refractivity contribution in [3.8, 4) is 0 Å². The van der Waals surface area contributed by atoms with Gasteiger partial charge in [0.15, 0.2) is 6.29 Å². The van der Waals surface area contributed by atoms with Gasteiger partial charge < -0.3 is 44.2 Å². The molecule has 11 heteroatoms. The first-order valence-corrected chi connectivity index (χ1v) is 14.9. The van der Waals surface area contributed by atoms with Crippen molar-refractivity contribution in [1.29, 1.82) is 0 Å². The zero-order valence-corrected chi connectivity index (χ0v) is 23.9. The van der Waals surface area contributed by atoms with Crippen LogP contribution < -0.4 is 0 Å². The fraction of sp³-hybridized carbons (Fsp3) is 0.833. The van der Waals surface area contributed by atoms with Gasteiger partial charge in [0.05, 0.1) is 37.1 Å². The number of ether oxygens (including phenoxy) is 4. The molecule has 2 aliphatic heterocycles. The first-order valence-electron chi connectivity index (χ1n) is 14.9. The number of esters is 2. The highest BCUT2D eigenvalue weighted by molar-refractivity contribution is 5.85. The zero-order valence-electron chi connectivity index (χ0n) is 23.9. The second kappa shape index (κ2) is 9.82. The first kappa shape index (κ1) is 29.2. The number of aliphatic hydroxyl groups excluding tert-OH is 2. The summed E-state index contributed by atoms with van der Waals surface area (Å²) < 4.78 is 21.7. The molecule has 228 valence electrons. The van der Waals surface area contributed by atoms with E-state index < -0.39 is 64.7 Å². The number of carbonyl (C=O) groups excluding carboxylic acids is 3. The van der Waals surface area contributed by atoms with Gasteiger partial charge in [-0.15, -0.1) is 0 Å². The molecule has 11 nitrogen and oxygen atoms in total. The minimum Gasteiger partial charge on any atom is -0.467 e. The lowest BCUT2D eigenvalue weighted by Gasteiger charge is -2.63. The van der Waals surface area contributed by atoms with E-state index in [9.17, 15) is 34.8 Å². The molecule has 0 unspecified atom stereocenters. The minimum atomic E-state index is -2.00. The van der Waals surface area contributed by atoms with E-state index >= 15 is 0 Å². The van der Waals surface area contributed by atoms with Crippen molar-refractivity contribution in [3.63, 3.8) is 0 Å². The fourth-order valence-corrected chi connectivity index (χ4v) is 10.0. The second-order valence-corrected chi connectivity index (χ2v) is 13.7. The Morgan fingerprint density at radius 2 is 1.88 bits per heavy atom. The molecule has 0 bridgehead atoms. The lowest BCUT2D eigenvalue weighted by atomic mass is 9.42. The predicted octanol–water partition coefficient (Wildman–Crippen LogP) is 0.788. The maximum absolute atomic E-state index is 13.0. The summed E-state index contributed by atoms with van der Waals surface area (Å²) in [5.41, 5.74) is -4.28. The van der Waals surface area contributed by atoms with Gasteiger partial charge in [0.1, 0.15) is 12.9 Å². The molecule has 0 amide bonds. The van der Waals surface area contributed by atoms with E-state index in [1.165, 1.54) is 13.2 Å². The highest BCUT2D eigenvalue weighted by Gasteiger charge is 2.72. The highest BCUT2D eigenvalue weighted by Crippen LogP contribution is 2.69. The second-order valence-electron chi connectivity index (χ2n) is 13.7. The van der Waals surface area contributed by atoms with E-state index in [1.54, 1.807) is 6.92 Å². The van der Waals surface area contributed by atoms with Crippen LogP contribution in [0.5, 0.6) is 0 Å². The Hall–Kier alpha value is -1.89. The molecule has 5 fully saturated rings. The number of aldehydes is 1. The molecule has 0 spiro atoms. The lowest BCUT2D eigenvalue weighted by Crippen LogP contribution is -2.67. The van der Waals surface area contributed by atoms with Crippen molar-refractivity contribution < 1.29 is 53.8 Å². The Morgan fingerprint density at radius 1 is 1.12 bits per heavy atom. The lowest BCUT2D eigenvalue weighted by molar-refractivity contribution is -0.266. The molecule has 4 saturated carbocycles. The van der Waals surface area contributed by atoms with E-state index in [2.05, 4.69) is 0 Å². The molecular weight excluding hydrogens is 536 g/mol. The third-order valence-corrected chi connectivity index (χ3v) is 12.0. The van der Waals surface area contributed by atoms with Crippen LogP contribution in [0.15, 0.2) is 11.6 Å². The Bertz CT molecular complexity index is 1140. The highest BCUT2D eigenvalue weighted by atomic mass is 16.7. The molecule has 4 aliphatic carbocycles. The van der Waals surface area contributed by atoms with Crippen LogP contribution in [0.1, 0.15) is 65.2 Å². The monoisotopic (exact) mass is 578 g/mol. The van der Waals surface area contributed by atoms with Crippen molar-refractivity contribution in [2.75, 3.05) is 13.7 Å². The van der Waals surface area contributed by atoms with Crippen LogP contribution in [0.3, 0.4) is 0 Å². The van der Waals surface area contributed by atoms with Gasteiger partial charge in [0, 0.05) is 23.3 Å². The molecule has 2 heterocycles. The molecule has 0 aromatic rings. The van der Waals surface area contributed by atoms with Crippen molar-refractivity contribution >= 4 is 18.2 Å². The summed E-state index contributed by atoms with van der Waals surface area (Å²) in [7, 11) is 1.18. The number of carbonyl (C=O) groups is 3. The largest absolute Gasteiger partial charge is 0.467 e. The Labute approximate surface area is 239 Å². The van der Waals surface area contributed by atoms with Crippen LogP contribution in [0.25, 0.3) is 0 Å². The molecule has 1 saturated heterocycles. The van der Waals surface area contributed by atoms with Gasteiger partial charge in [-0.25, -0.2) is 9.59 Å². The third-order valence-electron chi connectivity index (χ3n) is 12.0. The van der Waals surface area contributed by atoms with Gasteiger partial charge in [0.2, 0.25) is 5.60 Å². The molecule has 0 aromatic heterocycles. The van der Waals surface area contributed by atoms with E-state index in [0.29, 0.717) is 38.5 Å². The quantitative estimate of drug-likeness (QED) is 0.269. The number of fused-ring (bicyclic) bond motifs is 5. The average molecular weight is 579 g/mol. The predicted molar refractivity (Wildman–Crippen MR) is 140 cm³/mol. The topological polar surface area (TPSA) is 169 Å². The fourth-order valence-electron chi connectivity index (χ4n) is 10.0. The summed E-state index contributed by atoms with van der Waals surface area (Å²) >= 11 is 0. The molecule has 6 aliphatic rings. The van der Waals surface area contributed by atoms with Gasteiger partial charge >= 0.3 is 11.9 Å². The Kier molecular flexibility index (Phi) is 6.99. The van der Waals surface area contributed by atoms with Crippen molar-refractivity contribution in [2.24, 2.45) is 34.5 Å². The summed E-state index contributed by atoms with van der Waals surface area (Å²) in [5.74, 6) is -2.27. The summed E-state index contributed by atoms with van der Waals surface area (Å²) in [6.45, 7) is 3.86. The number of aliphatic hydroxyl groups is 4. The van der Waals surface area contributed by atoms with Crippen molar-refractivity contribution in [2.45, 2.75) is 107 Å². The average Bonchev–Trinajstić information content (AvgIpc) is 3.56. The molecule has 0 aromatic carbocycles. The van der Waals surface area contributed by atoms with Gasteiger partial charge in [0.25, 0.3) is 0 Å². The molecule has 41 heavy (non-hydrogen) atoms. The zero-order chi connectivity index (χ0) is 29.5. The number of cyclic esters (lactones) is 1. The van der Waals surface area contributed by atoms with Crippen LogP contribution in [0.4, 0.5) is 0 Å². The number of hydrogen-bond donors (Lipinski definition) is 4. The molecule has 13 atom stereocenters. The Balaban J connectivity index is 1.25. The van der Waals surface area contributed by atoms with Crippen molar-refractivity contribution in [3.05, 3.63) is 11.6 Å². The van der Waals surface area contributed by atoms with E-state index in [1.807, 2.05) is 6.92 Å². The smallest absolute Gasteiger partial charge is 0.343 e. The SMILES string of the molecule is COC(=O)[C@@]1(O)C[C@@H](C)O[C@H]1O[C@@H]1C[C@@H]2CC[C@@H]3[C@H](CC[C@]4(C)[C@@H](C5=CC(=O)OC5)C[C@@H](O)[C@]34O)[C@@]2(C=O)C[C@H]1O. The third kappa shape index (κ3) is 3.95. The summed E-state index contributed by atoms with van der Waals surface area (Å²) in [5, 5.41) is 46.2. The van der Waals surface area contributed by atoms with Crippen LogP contribution in [0.2, 0.25) is 0 Å². The number of hydrogen-bond acceptors (Lipinski definition) is 11. The van der Waals surface area contributed by atoms with Gasteiger partial charge in [-0.2, -0.15) is 0 Å². The normalized spacial score (nSPS) is 52.6. The van der Waals surface area contributed by atoms with Gasteiger partial charge in [-0.1, -0.05) is 6.92 Å². The van der Waals surface area contributed by atoms with Gasteiger partial charge in [-0.05, 0) is 81.1 Å². The summed E-state index contributed by atoms with van der Waals surface area (Å²) in [6.07, 6.45) is 0.868. The van der Waals surface area contributed by atoms with Crippen LogP contribution in [0, 0.1) is 34.5 Å². The summed E-state index contributed by atoms with van der Waals surface area (Å²) in [4.78, 5) is 37.2. The minimum absolute atomic E-state index is 0.00350.